The van der Waals surface area contributed by atoms with Crippen LogP contribution in [0.2, 0.25) is 0 Å². The van der Waals surface area contributed by atoms with Crippen molar-refractivity contribution in [2.75, 3.05) is 0 Å². The molecule has 4 rings (SSSR count). The van der Waals surface area contributed by atoms with Gasteiger partial charge in [0.15, 0.2) is 0 Å². The number of aromatic nitrogens is 2. The highest BCUT2D eigenvalue weighted by molar-refractivity contribution is 6.19. The average Bonchev–Trinajstić information content (AvgIpc) is 2.77. The molecule has 0 bridgehead atoms. The molecule has 0 amide bonds. The molecule has 2 nitrogen and oxygen atoms in total. The number of benzene rings is 2. The maximum atomic E-state index is 4.60. The van der Waals surface area contributed by atoms with E-state index < -0.39 is 0 Å². The minimum atomic E-state index is 0.943. The van der Waals surface area contributed by atoms with Crippen LogP contribution in [-0.2, 0) is 0 Å². The zero-order chi connectivity index (χ0) is 11.2. The Hall–Kier alpha value is -2.35. The summed E-state index contributed by atoms with van der Waals surface area (Å²) in [5.41, 5.74) is 3.12. The molecule has 1 radical (unpaired) electrons. The van der Waals surface area contributed by atoms with Gasteiger partial charge in [-0.15, -0.1) is 0 Å². The third-order valence-corrected chi connectivity index (χ3v) is 3.16. The normalized spacial score (nSPS) is 11.5. The molecule has 1 N–H and O–H groups in total. The lowest BCUT2D eigenvalue weighted by atomic mass is 10.1. The van der Waals surface area contributed by atoms with Crippen molar-refractivity contribution in [3.8, 4) is 0 Å². The van der Waals surface area contributed by atoms with Gasteiger partial charge in [-0.05, 0) is 18.2 Å². The highest BCUT2D eigenvalue weighted by Crippen LogP contribution is 2.30. The van der Waals surface area contributed by atoms with Crippen LogP contribution in [0.25, 0.3) is 32.7 Å². The number of fused-ring (bicyclic) bond motifs is 5. The molecule has 2 heterocycles. The van der Waals surface area contributed by atoms with Gasteiger partial charge in [0, 0.05) is 33.9 Å². The predicted octanol–water partition coefficient (Wildman–Crippen LogP) is 3.67. The van der Waals surface area contributed by atoms with E-state index in [2.05, 4.69) is 40.3 Å². The minimum absolute atomic E-state index is 0.943. The molecule has 0 atom stereocenters. The Labute approximate surface area is 97.9 Å². The van der Waals surface area contributed by atoms with Crippen LogP contribution in [0.1, 0.15) is 0 Å². The number of nitrogens with zero attached hydrogens (tertiary/aromatic N) is 1. The number of hydrogen-bond donors (Lipinski definition) is 1. The lowest BCUT2D eigenvalue weighted by Gasteiger charge is -1.99. The highest BCUT2D eigenvalue weighted by atomic mass is 14.7. The molecule has 0 fully saturated rings. The van der Waals surface area contributed by atoms with Crippen LogP contribution >= 0.6 is 0 Å². The molecule has 0 aliphatic rings. The summed E-state index contributed by atoms with van der Waals surface area (Å²) in [6.45, 7) is 0. The number of nitrogens with one attached hydrogen (secondary N) is 1. The molecule has 4 aromatic rings. The van der Waals surface area contributed by atoms with Crippen molar-refractivity contribution in [3.05, 3.63) is 54.7 Å². The second-order valence-electron chi connectivity index (χ2n) is 4.14. The first-order valence-electron chi connectivity index (χ1n) is 5.60. The molecule has 17 heavy (non-hydrogen) atoms. The molecule has 0 unspecified atom stereocenters. The second-order valence-corrected chi connectivity index (χ2v) is 4.14. The quantitative estimate of drug-likeness (QED) is 0.478. The Balaban J connectivity index is 2.38. The molecule has 2 heteroatoms. The maximum absolute atomic E-state index is 4.60. The van der Waals surface area contributed by atoms with Crippen LogP contribution in [0.15, 0.2) is 48.7 Å². The second kappa shape index (κ2) is 3.08. The van der Waals surface area contributed by atoms with Gasteiger partial charge in [-0.3, -0.25) is 0 Å². The summed E-state index contributed by atoms with van der Waals surface area (Å²) in [5.74, 6) is 0. The standard InChI is InChI=1S/C15H9N2/c1-2-6-13-11(4-1)15-10-5-3-9-16-12(10)7-8-14(15)17-13/h1-5,7-9,16H. The number of H-pyrrole nitrogens is 1. The number of aromatic amines is 1. The van der Waals surface area contributed by atoms with E-state index in [1.54, 1.807) is 0 Å². The number of hydrogen-bond acceptors (Lipinski definition) is 1. The first-order valence-corrected chi connectivity index (χ1v) is 5.60. The van der Waals surface area contributed by atoms with Gasteiger partial charge in [0.25, 0.3) is 0 Å². The largest absolute Gasteiger partial charge is 0.361 e. The van der Waals surface area contributed by atoms with Gasteiger partial charge in [-0.1, -0.05) is 24.3 Å². The molecular weight excluding hydrogens is 208 g/mol. The Morgan fingerprint density at radius 1 is 1.00 bits per heavy atom. The van der Waals surface area contributed by atoms with Crippen LogP contribution in [0.3, 0.4) is 0 Å². The summed E-state index contributed by atoms with van der Waals surface area (Å²) < 4.78 is 0. The van der Waals surface area contributed by atoms with Crippen LogP contribution in [0, 0.1) is 6.07 Å². The number of para-hydroxylation sites is 1. The first-order chi connectivity index (χ1) is 8.43. The fourth-order valence-electron chi connectivity index (χ4n) is 2.41. The molecule has 2 aromatic carbocycles. The van der Waals surface area contributed by atoms with E-state index in [1.807, 2.05) is 24.4 Å². The van der Waals surface area contributed by atoms with E-state index in [0.29, 0.717) is 0 Å². The molecular formula is C15H9N2. The van der Waals surface area contributed by atoms with Gasteiger partial charge in [-0.25, -0.2) is 4.98 Å². The average molecular weight is 217 g/mol. The third-order valence-electron chi connectivity index (χ3n) is 3.16. The molecule has 0 spiro atoms. The third kappa shape index (κ3) is 1.12. The molecule has 0 saturated heterocycles. The summed E-state index contributed by atoms with van der Waals surface area (Å²) >= 11 is 0. The van der Waals surface area contributed by atoms with Gasteiger partial charge < -0.3 is 4.98 Å². The summed E-state index contributed by atoms with van der Waals surface area (Å²) in [6, 6.07) is 17.5. The summed E-state index contributed by atoms with van der Waals surface area (Å²) in [5, 5.41) is 3.60. The lowest BCUT2D eigenvalue weighted by Crippen LogP contribution is -1.77. The highest BCUT2D eigenvalue weighted by Gasteiger charge is 2.08. The van der Waals surface area contributed by atoms with E-state index >= 15 is 0 Å². The smallest absolute Gasteiger partial charge is 0.0795 e. The SMILES string of the molecule is [c]1cccc2c1nc1ccc3[nH]cccc3c12. The van der Waals surface area contributed by atoms with Crippen molar-refractivity contribution in [2.24, 2.45) is 0 Å². The van der Waals surface area contributed by atoms with Crippen molar-refractivity contribution >= 4 is 32.7 Å². The lowest BCUT2D eigenvalue weighted by molar-refractivity contribution is 1.42. The molecule has 0 saturated carbocycles. The summed E-state index contributed by atoms with van der Waals surface area (Å²) in [7, 11) is 0. The van der Waals surface area contributed by atoms with Crippen molar-refractivity contribution in [1.82, 2.24) is 9.97 Å². The maximum Gasteiger partial charge on any atom is 0.0795 e. The molecule has 0 aliphatic heterocycles. The van der Waals surface area contributed by atoms with Crippen molar-refractivity contribution < 1.29 is 0 Å². The fraction of sp³-hybridized carbons (Fsp3) is 0. The monoisotopic (exact) mass is 217 g/mol. The van der Waals surface area contributed by atoms with Crippen molar-refractivity contribution in [3.63, 3.8) is 0 Å². The Kier molecular flexibility index (Phi) is 1.59. The molecule has 0 aliphatic carbocycles. The number of rotatable bonds is 0. The van der Waals surface area contributed by atoms with Gasteiger partial charge in [-0.2, -0.15) is 0 Å². The van der Waals surface area contributed by atoms with E-state index in [1.165, 1.54) is 16.2 Å². The van der Waals surface area contributed by atoms with E-state index in [9.17, 15) is 0 Å². The van der Waals surface area contributed by atoms with Gasteiger partial charge in [0.1, 0.15) is 0 Å². The van der Waals surface area contributed by atoms with Crippen LogP contribution in [0.5, 0.6) is 0 Å². The van der Waals surface area contributed by atoms with Gasteiger partial charge >= 0.3 is 0 Å². The van der Waals surface area contributed by atoms with Gasteiger partial charge in [0.2, 0.25) is 0 Å². The zero-order valence-electron chi connectivity index (χ0n) is 9.07. The Morgan fingerprint density at radius 3 is 2.94 bits per heavy atom. The van der Waals surface area contributed by atoms with Crippen LogP contribution in [-0.4, -0.2) is 9.97 Å². The topological polar surface area (TPSA) is 28.7 Å². The summed E-state index contributed by atoms with van der Waals surface area (Å²) in [4.78, 5) is 7.86. The predicted molar refractivity (Wildman–Crippen MR) is 69.9 cm³/mol. The minimum Gasteiger partial charge on any atom is -0.361 e. The first kappa shape index (κ1) is 8.76. The van der Waals surface area contributed by atoms with Gasteiger partial charge in [0.05, 0.1) is 11.0 Å². The van der Waals surface area contributed by atoms with E-state index in [0.717, 1.165) is 16.6 Å². The zero-order valence-corrected chi connectivity index (χ0v) is 9.07. The fourth-order valence-corrected chi connectivity index (χ4v) is 2.41. The van der Waals surface area contributed by atoms with E-state index in [-0.39, 0.29) is 0 Å². The Bertz CT molecular complexity index is 837. The van der Waals surface area contributed by atoms with Crippen LogP contribution < -0.4 is 0 Å². The molecule has 2 aromatic heterocycles. The summed E-state index contributed by atoms with van der Waals surface area (Å²) in [6.07, 6.45) is 1.94. The Morgan fingerprint density at radius 2 is 1.94 bits per heavy atom. The van der Waals surface area contributed by atoms with Crippen LogP contribution in [0.4, 0.5) is 0 Å². The molecule has 79 valence electrons. The number of pyridine rings is 1. The van der Waals surface area contributed by atoms with E-state index in [4.69, 9.17) is 0 Å². The van der Waals surface area contributed by atoms with Crippen molar-refractivity contribution in [1.29, 1.82) is 0 Å². The van der Waals surface area contributed by atoms with Crippen molar-refractivity contribution in [2.45, 2.75) is 0 Å².